The Morgan fingerprint density at radius 1 is 1.26 bits per heavy atom. The summed E-state index contributed by atoms with van der Waals surface area (Å²) < 4.78 is 5.67. The van der Waals surface area contributed by atoms with Crippen LogP contribution in [0.1, 0.15) is 11.1 Å². The van der Waals surface area contributed by atoms with E-state index in [9.17, 15) is 4.79 Å². The molecule has 0 aromatic heterocycles. The number of hydrogen-bond acceptors (Lipinski definition) is 3. The summed E-state index contributed by atoms with van der Waals surface area (Å²) in [7, 11) is 0. The first-order valence-electron chi connectivity index (χ1n) is 6.58. The van der Waals surface area contributed by atoms with E-state index in [1.54, 1.807) is 48.5 Å². The van der Waals surface area contributed by atoms with E-state index in [0.717, 1.165) is 5.56 Å². The van der Waals surface area contributed by atoms with Crippen molar-refractivity contribution in [2.75, 3.05) is 0 Å². The molecule has 0 saturated carbocycles. The van der Waals surface area contributed by atoms with E-state index >= 15 is 0 Å². The first-order chi connectivity index (χ1) is 11.0. The number of amides is 1. The van der Waals surface area contributed by atoms with Gasteiger partial charge in [0.05, 0.1) is 0 Å². The standard InChI is InChI=1S/C17H12Cl2N2O2/c18-14-5-4-12(16(19)8-14)10-23-15-3-1-2-11(7-15)6-13(9-20)17(21)22/h1-8H,10H2,(H2,21,22)/b13-6+. The van der Waals surface area contributed by atoms with Crippen LogP contribution >= 0.6 is 23.2 Å². The normalized spacial score (nSPS) is 10.9. The molecule has 0 aliphatic rings. The Labute approximate surface area is 143 Å². The highest BCUT2D eigenvalue weighted by Crippen LogP contribution is 2.23. The largest absolute Gasteiger partial charge is 0.489 e. The van der Waals surface area contributed by atoms with Gasteiger partial charge in [-0.3, -0.25) is 4.79 Å². The highest BCUT2D eigenvalue weighted by atomic mass is 35.5. The summed E-state index contributed by atoms with van der Waals surface area (Å²) >= 11 is 11.9. The number of ether oxygens (including phenoxy) is 1. The van der Waals surface area contributed by atoms with Crippen molar-refractivity contribution in [1.29, 1.82) is 5.26 Å². The lowest BCUT2D eigenvalue weighted by molar-refractivity contribution is -0.114. The Kier molecular flexibility index (Phi) is 5.64. The van der Waals surface area contributed by atoms with Gasteiger partial charge in [-0.2, -0.15) is 5.26 Å². The third kappa shape index (κ3) is 4.75. The van der Waals surface area contributed by atoms with Crippen molar-refractivity contribution in [2.45, 2.75) is 6.61 Å². The average molecular weight is 347 g/mol. The van der Waals surface area contributed by atoms with Crippen LogP contribution in [0.2, 0.25) is 10.0 Å². The minimum atomic E-state index is -0.772. The predicted molar refractivity (Wildman–Crippen MR) is 90.0 cm³/mol. The van der Waals surface area contributed by atoms with Crippen LogP contribution in [0.25, 0.3) is 6.08 Å². The fourth-order valence-electron chi connectivity index (χ4n) is 1.82. The molecule has 4 nitrogen and oxygen atoms in total. The van der Waals surface area contributed by atoms with Crippen molar-refractivity contribution >= 4 is 35.2 Å². The van der Waals surface area contributed by atoms with Gasteiger partial charge >= 0.3 is 0 Å². The van der Waals surface area contributed by atoms with E-state index in [4.69, 9.17) is 38.9 Å². The van der Waals surface area contributed by atoms with Crippen molar-refractivity contribution in [3.63, 3.8) is 0 Å². The quantitative estimate of drug-likeness (QED) is 0.657. The summed E-state index contributed by atoms with van der Waals surface area (Å²) in [5.41, 5.74) is 6.42. The zero-order valence-corrected chi connectivity index (χ0v) is 13.4. The molecule has 0 radical (unpaired) electrons. The predicted octanol–water partition coefficient (Wildman–Crippen LogP) is 3.96. The number of primary amides is 1. The van der Waals surface area contributed by atoms with Gasteiger partial charge in [0.15, 0.2) is 0 Å². The van der Waals surface area contributed by atoms with Gasteiger partial charge in [-0.15, -0.1) is 0 Å². The molecule has 0 heterocycles. The molecule has 6 heteroatoms. The topological polar surface area (TPSA) is 76.1 Å². The van der Waals surface area contributed by atoms with Crippen molar-refractivity contribution in [3.8, 4) is 11.8 Å². The van der Waals surface area contributed by atoms with Gasteiger partial charge < -0.3 is 10.5 Å². The van der Waals surface area contributed by atoms with Crippen LogP contribution in [0, 0.1) is 11.3 Å². The highest BCUT2D eigenvalue weighted by molar-refractivity contribution is 6.35. The van der Waals surface area contributed by atoms with Gasteiger partial charge in [-0.25, -0.2) is 0 Å². The van der Waals surface area contributed by atoms with Crippen LogP contribution < -0.4 is 10.5 Å². The molecule has 1 amide bonds. The molecule has 0 bridgehead atoms. The number of carbonyl (C=O) groups excluding carboxylic acids is 1. The van der Waals surface area contributed by atoms with Gasteiger partial charge in [-0.05, 0) is 35.9 Å². The maximum absolute atomic E-state index is 11.1. The molecule has 116 valence electrons. The Morgan fingerprint density at radius 3 is 2.70 bits per heavy atom. The number of nitrogens with two attached hydrogens (primary N) is 1. The smallest absolute Gasteiger partial charge is 0.259 e. The van der Waals surface area contributed by atoms with Gasteiger partial charge in [0.1, 0.15) is 24.0 Å². The lowest BCUT2D eigenvalue weighted by Gasteiger charge is -2.09. The van der Waals surface area contributed by atoms with E-state index in [0.29, 0.717) is 21.4 Å². The van der Waals surface area contributed by atoms with E-state index in [1.165, 1.54) is 6.08 Å². The zero-order chi connectivity index (χ0) is 16.8. The first kappa shape index (κ1) is 16.9. The van der Waals surface area contributed by atoms with Gasteiger partial charge in [0, 0.05) is 15.6 Å². The molecule has 2 aromatic carbocycles. The molecule has 0 fully saturated rings. The number of nitriles is 1. The fraction of sp³-hybridized carbons (Fsp3) is 0.0588. The van der Waals surface area contributed by atoms with Crippen molar-refractivity contribution in [2.24, 2.45) is 5.73 Å². The Balaban J connectivity index is 2.14. The molecule has 0 unspecified atom stereocenters. The molecule has 0 atom stereocenters. The number of nitrogens with zero attached hydrogens (tertiary/aromatic N) is 1. The third-order valence-electron chi connectivity index (χ3n) is 2.96. The van der Waals surface area contributed by atoms with Crippen LogP contribution in [0.5, 0.6) is 5.75 Å². The molecular weight excluding hydrogens is 335 g/mol. The van der Waals surface area contributed by atoms with Crippen LogP contribution in [0.15, 0.2) is 48.0 Å². The molecule has 0 spiro atoms. The van der Waals surface area contributed by atoms with Gasteiger partial charge in [-0.1, -0.05) is 41.4 Å². The minimum Gasteiger partial charge on any atom is -0.489 e. The Hall–Kier alpha value is -2.48. The lowest BCUT2D eigenvalue weighted by Crippen LogP contribution is -2.12. The van der Waals surface area contributed by atoms with E-state index in [2.05, 4.69) is 0 Å². The van der Waals surface area contributed by atoms with Crippen molar-refractivity contribution in [3.05, 3.63) is 69.2 Å². The Bertz CT molecular complexity index is 810. The summed E-state index contributed by atoms with van der Waals surface area (Å²) in [5, 5.41) is 9.94. The van der Waals surface area contributed by atoms with Crippen LogP contribution in [0.4, 0.5) is 0 Å². The summed E-state index contributed by atoms with van der Waals surface area (Å²) in [6.45, 7) is 0.268. The third-order valence-corrected chi connectivity index (χ3v) is 3.55. The number of benzene rings is 2. The van der Waals surface area contributed by atoms with E-state index < -0.39 is 5.91 Å². The maximum atomic E-state index is 11.1. The zero-order valence-electron chi connectivity index (χ0n) is 11.9. The number of carbonyl (C=O) groups is 1. The van der Waals surface area contributed by atoms with E-state index in [-0.39, 0.29) is 12.2 Å². The second-order valence-electron chi connectivity index (χ2n) is 4.63. The molecule has 2 aromatic rings. The van der Waals surface area contributed by atoms with Crippen molar-refractivity contribution < 1.29 is 9.53 Å². The van der Waals surface area contributed by atoms with Crippen LogP contribution in [-0.2, 0) is 11.4 Å². The van der Waals surface area contributed by atoms with Crippen molar-refractivity contribution in [1.82, 2.24) is 0 Å². The van der Waals surface area contributed by atoms with Crippen LogP contribution in [-0.4, -0.2) is 5.91 Å². The molecule has 0 aliphatic carbocycles. The molecule has 0 aliphatic heterocycles. The summed E-state index contributed by atoms with van der Waals surface area (Å²) in [6, 6.07) is 13.9. The summed E-state index contributed by atoms with van der Waals surface area (Å²) in [4.78, 5) is 11.1. The van der Waals surface area contributed by atoms with Gasteiger partial charge in [0.2, 0.25) is 0 Å². The first-order valence-corrected chi connectivity index (χ1v) is 7.33. The number of rotatable bonds is 5. The molecule has 0 saturated heterocycles. The number of halogens is 2. The monoisotopic (exact) mass is 346 g/mol. The van der Waals surface area contributed by atoms with Crippen LogP contribution in [0.3, 0.4) is 0 Å². The minimum absolute atomic E-state index is 0.122. The number of hydrogen-bond donors (Lipinski definition) is 1. The second-order valence-corrected chi connectivity index (χ2v) is 5.47. The molecule has 2 rings (SSSR count). The van der Waals surface area contributed by atoms with Gasteiger partial charge in [0.25, 0.3) is 5.91 Å². The second kappa shape index (κ2) is 7.68. The average Bonchev–Trinajstić information content (AvgIpc) is 2.52. The molecule has 2 N–H and O–H groups in total. The maximum Gasteiger partial charge on any atom is 0.259 e. The SMILES string of the molecule is N#C/C(=C\c1cccc(OCc2ccc(Cl)cc2Cl)c1)C(N)=O. The summed E-state index contributed by atoms with van der Waals surface area (Å²) in [6.07, 6.45) is 1.41. The fourth-order valence-corrected chi connectivity index (χ4v) is 2.28. The molecular formula is C17H12Cl2N2O2. The molecule has 23 heavy (non-hydrogen) atoms. The van der Waals surface area contributed by atoms with E-state index in [1.807, 2.05) is 0 Å². The lowest BCUT2D eigenvalue weighted by atomic mass is 10.1. The Morgan fingerprint density at radius 2 is 2.04 bits per heavy atom. The highest BCUT2D eigenvalue weighted by Gasteiger charge is 2.05. The summed E-state index contributed by atoms with van der Waals surface area (Å²) in [5.74, 6) is -0.196.